The maximum atomic E-state index is 12.8. The van der Waals surface area contributed by atoms with Crippen molar-refractivity contribution in [2.45, 2.75) is 36.6 Å². The Morgan fingerprint density at radius 1 is 1.13 bits per heavy atom. The van der Waals surface area contributed by atoms with E-state index in [1.807, 2.05) is 0 Å². The van der Waals surface area contributed by atoms with Gasteiger partial charge in [0.05, 0.1) is 22.7 Å². The van der Waals surface area contributed by atoms with Crippen LogP contribution in [-0.4, -0.2) is 37.2 Å². The summed E-state index contributed by atoms with van der Waals surface area (Å²) in [5.41, 5.74) is -6.63. The zero-order chi connectivity index (χ0) is 23.9. The highest BCUT2D eigenvalue weighted by Gasteiger charge is 2.47. The van der Waals surface area contributed by atoms with Crippen LogP contribution in [0, 0.1) is 0 Å². The summed E-state index contributed by atoms with van der Waals surface area (Å²) in [6.07, 6.45) is 0. The van der Waals surface area contributed by atoms with Crippen molar-refractivity contribution in [1.82, 2.24) is 0 Å². The van der Waals surface area contributed by atoms with E-state index in [2.05, 4.69) is 5.32 Å². The molecule has 7 nitrogen and oxygen atoms in total. The number of halogens is 4. The fourth-order valence-electron chi connectivity index (χ4n) is 2.71. The van der Waals surface area contributed by atoms with Crippen molar-refractivity contribution >= 4 is 33.0 Å². The monoisotopic (exact) mass is 481 g/mol. The second kappa shape index (κ2) is 8.12. The third-order valence-corrected chi connectivity index (χ3v) is 6.07. The highest BCUT2D eigenvalue weighted by molar-refractivity contribution is 7.92. The van der Waals surface area contributed by atoms with Gasteiger partial charge in [0.25, 0.3) is 15.7 Å². The molecule has 0 aliphatic heterocycles. The standard InChI is InChI=1S/C19H19ClF3NO6S/c1-18(2,3)10-8-13(25)16(30-4)14(15(10)26)17(27)24-12-6-5-9(7-11(12)20)31(28,29)19(21,22)23/h5-8,25-26H,1-4H3,(H,24,27). The van der Waals surface area contributed by atoms with Crippen molar-refractivity contribution in [3.8, 4) is 17.2 Å². The number of phenolic OH excluding ortho intramolecular Hbond substituents is 2. The van der Waals surface area contributed by atoms with Gasteiger partial charge in [0, 0.05) is 5.56 Å². The molecule has 0 heterocycles. The molecule has 0 saturated heterocycles. The van der Waals surface area contributed by atoms with Crippen LogP contribution in [0.1, 0.15) is 36.7 Å². The number of rotatable bonds is 4. The Morgan fingerprint density at radius 3 is 2.16 bits per heavy atom. The minimum absolute atomic E-state index is 0.227. The lowest BCUT2D eigenvalue weighted by atomic mass is 9.84. The van der Waals surface area contributed by atoms with Crippen LogP contribution in [0.25, 0.3) is 0 Å². The quantitative estimate of drug-likeness (QED) is 0.550. The molecule has 31 heavy (non-hydrogen) atoms. The first-order valence-electron chi connectivity index (χ1n) is 8.58. The van der Waals surface area contributed by atoms with E-state index in [1.165, 1.54) is 6.07 Å². The third-order valence-electron chi connectivity index (χ3n) is 4.28. The Kier molecular flexibility index (Phi) is 6.44. The van der Waals surface area contributed by atoms with Crippen molar-refractivity contribution < 1.29 is 41.3 Å². The van der Waals surface area contributed by atoms with E-state index >= 15 is 0 Å². The Hall–Kier alpha value is -2.66. The van der Waals surface area contributed by atoms with E-state index in [-0.39, 0.29) is 17.0 Å². The maximum absolute atomic E-state index is 12.8. The second-order valence-electron chi connectivity index (χ2n) is 7.50. The summed E-state index contributed by atoms with van der Waals surface area (Å²) in [5.74, 6) is -2.24. The molecule has 0 bridgehead atoms. The number of amides is 1. The number of benzene rings is 2. The van der Waals surface area contributed by atoms with Crippen molar-refractivity contribution in [2.75, 3.05) is 12.4 Å². The normalized spacial score (nSPS) is 12.5. The number of methoxy groups -OCH3 is 1. The van der Waals surface area contributed by atoms with Gasteiger partial charge in [-0.25, -0.2) is 8.42 Å². The Morgan fingerprint density at radius 2 is 1.71 bits per heavy atom. The number of alkyl halides is 3. The molecule has 170 valence electrons. The summed E-state index contributed by atoms with van der Waals surface area (Å²) in [5, 5.41) is 22.6. The molecule has 0 spiro atoms. The number of hydrogen-bond acceptors (Lipinski definition) is 6. The average Bonchev–Trinajstić information content (AvgIpc) is 2.62. The van der Waals surface area contributed by atoms with Gasteiger partial charge < -0.3 is 20.3 Å². The number of ether oxygens (including phenoxy) is 1. The van der Waals surface area contributed by atoms with Crippen LogP contribution < -0.4 is 10.1 Å². The zero-order valence-corrected chi connectivity index (χ0v) is 18.3. The predicted molar refractivity (Wildman–Crippen MR) is 108 cm³/mol. The third kappa shape index (κ3) is 4.67. The minimum atomic E-state index is -5.63. The molecule has 1 amide bonds. The highest BCUT2D eigenvalue weighted by Crippen LogP contribution is 2.44. The lowest BCUT2D eigenvalue weighted by molar-refractivity contribution is -0.0436. The summed E-state index contributed by atoms with van der Waals surface area (Å²) in [4.78, 5) is 11.7. The molecule has 2 rings (SSSR count). The molecule has 0 atom stereocenters. The lowest BCUT2D eigenvalue weighted by Gasteiger charge is -2.23. The molecule has 0 saturated carbocycles. The number of aromatic hydroxyl groups is 2. The molecule has 2 aromatic rings. The number of anilines is 1. The predicted octanol–water partition coefficient (Wildman–Crippen LogP) is 4.60. The van der Waals surface area contributed by atoms with Gasteiger partial charge in [0.1, 0.15) is 11.3 Å². The summed E-state index contributed by atoms with van der Waals surface area (Å²) in [7, 11) is -4.47. The molecule has 0 radical (unpaired) electrons. The van der Waals surface area contributed by atoms with Gasteiger partial charge in [0.2, 0.25) is 0 Å². The molecule has 0 aliphatic rings. The van der Waals surface area contributed by atoms with Crippen LogP contribution in [0.3, 0.4) is 0 Å². The van der Waals surface area contributed by atoms with Crippen LogP contribution in [0.5, 0.6) is 17.2 Å². The van der Waals surface area contributed by atoms with Gasteiger partial charge in [-0.1, -0.05) is 32.4 Å². The summed E-state index contributed by atoms with van der Waals surface area (Å²) < 4.78 is 66.2. The van der Waals surface area contributed by atoms with Gasteiger partial charge in [-0.05, 0) is 29.7 Å². The SMILES string of the molecule is COc1c(O)cc(C(C)(C)C)c(O)c1C(=O)Nc1ccc(S(=O)(=O)C(F)(F)F)cc1Cl. The molecule has 0 aliphatic carbocycles. The van der Waals surface area contributed by atoms with Crippen molar-refractivity contribution in [3.63, 3.8) is 0 Å². The number of carbonyl (C=O) groups is 1. The number of carbonyl (C=O) groups excluding carboxylic acids is 1. The molecular weight excluding hydrogens is 463 g/mol. The first-order valence-corrected chi connectivity index (χ1v) is 10.4. The Balaban J connectivity index is 2.53. The van der Waals surface area contributed by atoms with Crippen molar-refractivity contribution in [3.05, 3.63) is 40.4 Å². The number of nitrogens with one attached hydrogen (secondary N) is 1. The Labute approximate surface area is 181 Å². The lowest BCUT2D eigenvalue weighted by Crippen LogP contribution is -2.23. The topological polar surface area (TPSA) is 113 Å². The number of hydrogen-bond donors (Lipinski definition) is 3. The van der Waals surface area contributed by atoms with E-state index in [0.29, 0.717) is 12.1 Å². The fraction of sp³-hybridized carbons (Fsp3) is 0.316. The summed E-state index contributed by atoms with van der Waals surface area (Å²) >= 11 is 5.88. The molecule has 0 unspecified atom stereocenters. The van der Waals surface area contributed by atoms with E-state index in [9.17, 15) is 36.6 Å². The first-order chi connectivity index (χ1) is 14.0. The molecule has 0 aromatic heterocycles. The van der Waals surface area contributed by atoms with Crippen LogP contribution in [-0.2, 0) is 15.3 Å². The molecule has 0 fully saturated rings. The van der Waals surface area contributed by atoms with Crippen LogP contribution in [0.15, 0.2) is 29.2 Å². The molecule has 12 heteroatoms. The van der Waals surface area contributed by atoms with Crippen molar-refractivity contribution in [1.29, 1.82) is 0 Å². The van der Waals surface area contributed by atoms with Crippen molar-refractivity contribution in [2.24, 2.45) is 0 Å². The average molecular weight is 482 g/mol. The van der Waals surface area contributed by atoms with Gasteiger partial charge in [-0.15, -0.1) is 0 Å². The Bertz CT molecular complexity index is 1140. The van der Waals surface area contributed by atoms with Gasteiger partial charge in [-0.2, -0.15) is 13.2 Å². The van der Waals surface area contributed by atoms with E-state index in [4.69, 9.17) is 16.3 Å². The van der Waals surface area contributed by atoms with Crippen LogP contribution >= 0.6 is 11.6 Å². The zero-order valence-electron chi connectivity index (χ0n) is 16.8. The van der Waals surface area contributed by atoms with E-state index in [1.54, 1.807) is 20.8 Å². The second-order valence-corrected chi connectivity index (χ2v) is 9.84. The smallest absolute Gasteiger partial charge is 0.501 e. The van der Waals surface area contributed by atoms with Gasteiger partial charge in [0.15, 0.2) is 11.5 Å². The fourth-order valence-corrected chi connectivity index (χ4v) is 3.79. The summed E-state index contributed by atoms with van der Waals surface area (Å²) in [6, 6.07) is 3.29. The molecule has 3 N–H and O–H groups in total. The number of phenols is 2. The molecule has 2 aromatic carbocycles. The minimum Gasteiger partial charge on any atom is -0.507 e. The van der Waals surface area contributed by atoms with E-state index < -0.39 is 53.6 Å². The maximum Gasteiger partial charge on any atom is 0.501 e. The number of sulfone groups is 1. The van der Waals surface area contributed by atoms with E-state index in [0.717, 1.165) is 13.2 Å². The van der Waals surface area contributed by atoms with Crippen LogP contribution in [0.4, 0.5) is 18.9 Å². The molecular formula is C19H19ClF3NO6S. The first kappa shape index (κ1) is 24.6. The van der Waals surface area contributed by atoms with Gasteiger partial charge >= 0.3 is 5.51 Å². The highest BCUT2D eigenvalue weighted by atomic mass is 35.5. The van der Waals surface area contributed by atoms with Crippen LogP contribution in [0.2, 0.25) is 5.02 Å². The van der Waals surface area contributed by atoms with Gasteiger partial charge in [-0.3, -0.25) is 4.79 Å². The largest absolute Gasteiger partial charge is 0.507 e. The summed E-state index contributed by atoms with van der Waals surface area (Å²) in [6.45, 7) is 5.19.